The van der Waals surface area contributed by atoms with Gasteiger partial charge in [0.25, 0.3) is 11.8 Å². The first-order valence-electron chi connectivity index (χ1n) is 9.18. The number of anilines is 2. The maximum atomic E-state index is 12.4. The third kappa shape index (κ3) is 5.75. The van der Waals surface area contributed by atoms with Crippen LogP contribution in [-0.4, -0.2) is 18.4 Å². The van der Waals surface area contributed by atoms with Crippen LogP contribution in [0, 0.1) is 13.8 Å². The molecule has 2 amide bonds. The first-order chi connectivity index (χ1) is 14.3. The summed E-state index contributed by atoms with van der Waals surface area (Å²) in [5.41, 5.74) is 3.71. The highest BCUT2D eigenvalue weighted by molar-refractivity contribution is 6.35. The van der Waals surface area contributed by atoms with Gasteiger partial charge in [0.15, 0.2) is 6.61 Å². The molecule has 3 aromatic rings. The molecule has 0 atom stereocenters. The number of aryl methyl sites for hydroxylation is 2. The Kier molecular flexibility index (Phi) is 6.98. The van der Waals surface area contributed by atoms with E-state index in [1.807, 2.05) is 32.0 Å². The van der Waals surface area contributed by atoms with Crippen LogP contribution in [0.15, 0.2) is 60.7 Å². The van der Waals surface area contributed by atoms with Gasteiger partial charge in [-0.05, 0) is 67.9 Å². The number of amides is 2. The van der Waals surface area contributed by atoms with E-state index >= 15 is 0 Å². The summed E-state index contributed by atoms with van der Waals surface area (Å²) >= 11 is 12.0. The van der Waals surface area contributed by atoms with Crippen LogP contribution in [-0.2, 0) is 4.79 Å². The molecule has 3 rings (SSSR count). The molecule has 154 valence electrons. The van der Waals surface area contributed by atoms with Gasteiger partial charge in [-0.2, -0.15) is 0 Å². The summed E-state index contributed by atoms with van der Waals surface area (Å²) in [6, 6.07) is 17.1. The summed E-state index contributed by atoms with van der Waals surface area (Å²) < 4.78 is 5.51. The maximum absolute atomic E-state index is 12.4. The molecule has 0 radical (unpaired) electrons. The lowest BCUT2D eigenvalue weighted by Crippen LogP contribution is -2.20. The van der Waals surface area contributed by atoms with E-state index in [-0.39, 0.29) is 18.4 Å². The first kappa shape index (κ1) is 21.7. The van der Waals surface area contributed by atoms with E-state index in [1.165, 1.54) is 0 Å². The minimum Gasteiger partial charge on any atom is -0.484 e. The minimum atomic E-state index is -0.335. The topological polar surface area (TPSA) is 67.4 Å². The molecule has 0 spiro atoms. The number of hydrogen-bond acceptors (Lipinski definition) is 3. The van der Waals surface area contributed by atoms with Gasteiger partial charge in [-0.1, -0.05) is 40.9 Å². The van der Waals surface area contributed by atoms with Crippen molar-refractivity contribution in [3.63, 3.8) is 0 Å². The SMILES string of the molecule is Cc1ccc(NC(=O)COc2ccc(C(=O)Nc3cc(Cl)ccc3Cl)cc2)c(C)c1. The van der Waals surface area contributed by atoms with Gasteiger partial charge in [0, 0.05) is 16.3 Å². The molecule has 2 N–H and O–H groups in total. The van der Waals surface area contributed by atoms with Crippen molar-refractivity contribution in [3.05, 3.63) is 87.4 Å². The Hall–Kier alpha value is -3.02. The van der Waals surface area contributed by atoms with Gasteiger partial charge in [-0.15, -0.1) is 0 Å². The Labute approximate surface area is 185 Å². The molecule has 0 saturated carbocycles. The normalized spacial score (nSPS) is 10.4. The highest BCUT2D eigenvalue weighted by atomic mass is 35.5. The molecule has 0 aliphatic rings. The van der Waals surface area contributed by atoms with Crippen molar-refractivity contribution in [3.8, 4) is 5.75 Å². The second kappa shape index (κ2) is 9.65. The van der Waals surface area contributed by atoms with Crippen molar-refractivity contribution in [2.24, 2.45) is 0 Å². The van der Waals surface area contributed by atoms with Crippen LogP contribution in [0.3, 0.4) is 0 Å². The second-order valence-electron chi connectivity index (χ2n) is 6.76. The summed E-state index contributed by atoms with van der Waals surface area (Å²) in [6.45, 7) is 3.79. The van der Waals surface area contributed by atoms with Gasteiger partial charge < -0.3 is 15.4 Å². The molecule has 0 heterocycles. The molecule has 7 heteroatoms. The predicted molar refractivity (Wildman–Crippen MR) is 121 cm³/mol. The van der Waals surface area contributed by atoms with Crippen LogP contribution in [0.1, 0.15) is 21.5 Å². The zero-order valence-electron chi connectivity index (χ0n) is 16.5. The van der Waals surface area contributed by atoms with E-state index in [9.17, 15) is 9.59 Å². The van der Waals surface area contributed by atoms with Crippen LogP contribution in [0.5, 0.6) is 5.75 Å². The van der Waals surface area contributed by atoms with Gasteiger partial charge in [0.05, 0.1) is 10.7 Å². The highest BCUT2D eigenvalue weighted by Crippen LogP contribution is 2.26. The quantitative estimate of drug-likeness (QED) is 0.500. The molecule has 30 heavy (non-hydrogen) atoms. The average Bonchev–Trinajstić information content (AvgIpc) is 2.71. The zero-order chi connectivity index (χ0) is 21.7. The monoisotopic (exact) mass is 442 g/mol. The largest absolute Gasteiger partial charge is 0.484 e. The molecule has 0 aliphatic heterocycles. The van der Waals surface area contributed by atoms with E-state index < -0.39 is 0 Å². The van der Waals surface area contributed by atoms with Crippen molar-refractivity contribution < 1.29 is 14.3 Å². The number of rotatable bonds is 6. The third-order valence-electron chi connectivity index (χ3n) is 4.32. The van der Waals surface area contributed by atoms with Gasteiger partial charge in [-0.3, -0.25) is 9.59 Å². The number of ether oxygens (including phenoxy) is 1. The molecular formula is C23H20Cl2N2O3. The van der Waals surface area contributed by atoms with Crippen LogP contribution >= 0.6 is 23.2 Å². The Bertz CT molecular complexity index is 1080. The molecule has 5 nitrogen and oxygen atoms in total. The lowest BCUT2D eigenvalue weighted by molar-refractivity contribution is -0.118. The van der Waals surface area contributed by atoms with Gasteiger partial charge in [-0.25, -0.2) is 0 Å². The summed E-state index contributed by atoms with van der Waals surface area (Å²) in [4.78, 5) is 24.5. The van der Waals surface area contributed by atoms with E-state index in [2.05, 4.69) is 10.6 Å². The average molecular weight is 443 g/mol. The summed E-state index contributed by atoms with van der Waals surface area (Å²) in [5, 5.41) is 6.40. The molecule has 0 aromatic heterocycles. The second-order valence-corrected chi connectivity index (χ2v) is 7.60. The lowest BCUT2D eigenvalue weighted by Gasteiger charge is -2.11. The number of halogens is 2. The molecule has 0 aliphatic carbocycles. The van der Waals surface area contributed by atoms with Gasteiger partial charge in [0.1, 0.15) is 5.75 Å². The summed E-state index contributed by atoms with van der Waals surface area (Å²) in [5.74, 6) is -0.124. The number of carbonyl (C=O) groups excluding carboxylic acids is 2. The number of benzene rings is 3. The highest BCUT2D eigenvalue weighted by Gasteiger charge is 2.10. The van der Waals surface area contributed by atoms with Gasteiger partial charge >= 0.3 is 0 Å². The van der Waals surface area contributed by atoms with Crippen LogP contribution in [0.2, 0.25) is 10.0 Å². The fourth-order valence-electron chi connectivity index (χ4n) is 2.78. The molecule has 0 saturated heterocycles. The van der Waals surface area contributed by atoms with Crippen molar-refractivity contribution in [1.82, 2.24) is 0 Å². The van der Waals surface area contributed by atoms with Crippen molar-refractivity contribution in [2.75, 3.05) is 17.2 Å². The number of nitrogens with one attached hydrogen (secondary N) is 2. The van der Waals surface area contributed by atoms with Gasteiger partial charge in [0.2, 0.25) is 0 Å². The Balaban J connectivity index is 1.55. The van der Waals surface area contributed by atoms with E-state index in [0.29, 0.717) is 27.0 Å². The Morgan fingerprint density at radius 1 is 0.867 bits per heavy atom. The lowest BCUT2D eigenvalue weighted by atomic mass is 10.1. The molecule has 0 bridgehead atoms. The van der Waals surface area contributed by atoms with Crippen molar-refractivity contribution in [1.29, 1.82) is 0 Å². The minimum absolute atomic E-state index is 0.142. The van der Waals surface area contributed by atoms with Crippen LogP contribution in [0.25, 0.3) is 0 Å². The predicted octanol–water partition coefficient (Wildman–Crippen LogP) is 5.88. The van der Waals surface area contributed by atoms with Crippen molar-refractivity contribution in [2.45, 2.75) is 13.8 Å². The van der Waals surface area contributed by atoms with Crippen LogP contribution in [0.4, 0.5) is 11.4 Å². The number of hydrogen-bond donors (Lipinski definition) is 2. The molecule has 3 aromatic carbocycles. The Morgan fingerprint density at radius 3 is 2.30 bits per heavy atom. The standard InChI is InChI=1S/C23H20Cl2N2O3/c1-14-3-10-20(15(2)11-14)26-22(28)13-30-18-7-4-16(5-8-18)23(29)27-21-12-17(24)6-9-19(21)25/h3-12H,13H2,1-2H3,(H,26,28)(H,27,29). The maximum Gasteiger partial charge on any atom is 0.262 e. The van der Waals surface area contributed by atoms with E-state index in [0.717, 1.165) is 16.8 Å². The smallest absolute Gasteiger partial charge is 0.262 e. The van der Waals surface area contributed by atoms with E-state index in [4.69, 9.17) is 27.9 Å². The number of carbonyl (C=O) groups is 2. The third-order valence-corrected chi connectivity index (χ3v) is 4.88. The Morgan fingerprint density at radius 2 is 1.60 bits per heavy atom. The zero-order valence-corrected chi connectivity index (χ0v) is 18.0. The molecule has 0 unspecified atom stereocenters. The molecular weight excluding hydrogens is 423 g/mol. The van der Waals surface area contributed by atoms with Crippen LogP contribution < -0.4 is 15.4 Å². The molecule has 0 fully saturated rings. The fraction of sp³-hybridized carbons (Fsp3) is 0.130. The fourth-order valence-corrected chi connectivity index (χ4v) is 3.12. The summed E-state index contributed by atoms with van der Waals surface area (Å²) in [6.07, 6.45) is 0. The van der Waals surface area contributed by atoms with Crippen molar-refractivity contribution >= 4 is 46.4 Å². The summed E-state index contributed by atoms with van der Waals surface area (Å²) in [7, 11) is 0. The van der Waals surface area contributed by atoms with E-state index in [1.54, 1.807) is 42.5 Å². The first-order valence-corrected chi connectivity index (χ1v) is 9.94.